The van der Waals surface area contributed by atoms with E-state index < -0.39 is 6.10 Å². The number of halogens is 1. The Kier molecular flexibility index (Phi) is 6.84. The van der Waals surface area contributed by atoms with Crippen LogP contribution in [0.4, 0.5) is 0 Å². The van der Waals surface area contributed by atoms with Crippen molar-refractivity contribution in [3.63, 3.8) is 0 Å². The summed E-state index contributed by atoms with van der Waals surface area (Å²) >= 11 is 5.83. The number of benzene rings is 1. The molecule has 2 N–H and O–H groups in total. The second kappa shape index (κ2) is 8.64. The molecule has 0 spiro atoms. The second-order valence-electron chi connectivity index (χ2n) is 5.93. The number of aliphatic hydroxyl groups excluding tert-OH is 2. The number of amides is 1. The van der Waals surface area contributed by atoms with E-state index in [4.69, 9.17) is 11.6 Å². The summed E-state index contributed by atoms with van der Waals surface area (Å²) in [4.78, 5) is 16.3. The molecule has 1 amide bonds. The third-order valence-corrected chi connectivity index (χ3v) is 4.74. The first-order valence-electron chi connectivity index (χ1n) is 8.11. The van der Waals surface area contributed by atoms with Gasteiger partial charge in [0.2, 0.25) is 5.91 Å². The van der Waals surface area contributed by atoms with Crippen LogP contribution in [-0.2, 0) is 4.79 Å². The lowest BCUT2D eigenvalue weighted by molar-refractivity contribution is -0.135. The highest BCUT2D eigenvalue weighted by Crippen LogP contribution is 2.20. The number of hydrogen-bond donors (Lipinski definition) is 2. The van der Waals surface area contributed by atoms with Crippen molar-refractivity contribution in [2.45, 2.75) is 31.9 Å². The van der Waals surface area contributed by atoms with Crippen LogP contribution in [0.15, 0.2) is 24.3 Å². The molecule has 23 heavy (non-hydrogen) atoms. The maximum absolute atomic E-state index is 12.3. The normalized spacial score (nSPS) is 18.7. The average molecular weight is 341 g/mol. The molecule has 1 heterocycles. The van der Waals surface area contributed by atoms with E-state index in [-0.39, 0.29) is 25.0 Å². The van der Waals surface area contributed by atoms with Crippen molar-refractivity contribution in [3.05, 3.63) is 34.9 Å². The van der Waals surface area contributed by atoms with Crippen LogP contribution >= 0.6 is 11.6 Å². The molecular weight excluding hydrogens is 316 g/mol. The van der Waals surface area contributed by atoms with E-state index in [1.165, 1.54) is 0 Å². The highest BCUT2D eigenvalue weighted by atomic mass is 35.5. The Morgan fingerprint density at radius 3 is 2.35 bits per heavy atom. The number of carbonyl (C=O) groups is 1. The van der Waals surface area contributed by atoms with Gasteiger partial charge in [0.15, 0.2) is 0 Å². The molecule has 1 aromatic carbocycles. The van der Waals surface area contributed by atoms with Gasteiger partial charge >= 0.3 is 0 Å². The van der Waals surface area contributed by atoms with Crippen LogP contribution in [0, 0.1) is 0 Å². The third-order valence-electron chi connectivity index (χ3n) is 4.49. The van der Waals surface area contributed by atoms with Crippen LogP contribution in [0.5, 0.6) is 0 Å². The Balaban J connectivity index is 1.84. The summed E-state index contributed by atoms with van der Waals surface area (Å²) in [5, 5.41) is 20.2. The van der Waals surface area contributed by atoms with Gasteiger partial charge in [-0.05, 0) is 24.1 Å². The Hall–Kier alpha value is -1.14. The van der Waals surface area contributed by atoms with E-state index in [0.29, 0.717) is 23.7 Å². The molecule has 1 fully saturated rings. The lowest BCUT2D eigenvalue weighted by Gasteiger charge is -2.38. The largest absolute Gasteiger partial charge is 0.395 e. The number of nitrogens with zero attached hydrogens (tertiary/aromatic N) is 2. The molecule has 1 aliphatic rings. The van der Waals surface area contributed by atoms with Gasteiger partial charge in [-0.3, -0.25) is 9.69 Å². The fourth-order valence-corrected chi connectivity index (χ4v) is 3.06. The molecule has 1 aliphatic heterocycles. The average Bonchev–Trinajstić information content (AvgIpc) is 2.57. The van der Waals surface area contributed by atoms with Crippen LogP contribution < -0.4 is 0 Å². The molecule has 2 rings (SSSR count). The van der Waals surface area contributed by atoms with Gasteiger partial charge < -0.3 is 15.1 Å². The van der Waals surface area contributed by atoms with Gasteiger partial charge in [0.25, 0.3) is 0 Å². The van der Waals surface area contributed by atoms with Gasteiger partial charge in [-0.25, -0.2) is 0 Å². The molecule has 0 radical (unpaired) electrons. The highest BCUT2D eigenvalue weighted by Gasteiger charge is 2.26. The molecule has 5 nitrogen and oxygen atoms in total. The van der Waals surface area contributed by atoms with Gasteiger partial charge in [0.1, 0.15) is 0 Å². The summed E-state index contributed by atoms with van der Waals surface area (Å²) in [5.41, 5.74) is 0.702. The first kappa shape index (κ1) is 18.2. The van der Waals surface area contributed by atoms with Crippen molar-refractivity contribution >= 4 is 17.5 Å². The minimum absolute atomic E-state index is 0.0378. The topological polar surface area (TPSA) is 64.0 Å². The lowest BCUT2D eigenvalue weighted by Crippen LogP contribution is -2.52. The minimum Gasteiger partial charge on any atom is -0.395 e. The molecule has 2 unspecified atom stereocenters. The monoisotopic (exact) mass is 340 g/mol. The van der Waals surface area contributed by atoms with E-state index in [0.717, 1.165) is 19.5 Å². The summed E-state index contributed by atoms with van der Waals surface area (Å²) in [7, 11) is 0. The number of hydrogen-bond acceptors (Lipinski definition) is 4. The molecule has 1 aromatic rings. The van der Waals surface area contributed by atoms with Crippen LogP contribution in [-0.4, -0.2) is 64.7 Å². The molecule has 6 heteroatoms. The zero-order valence-electron chi connectivity index (χ0n) is 13.5. The zero-order valence-corrected chi connectivity index (χ0v) is 14.2. The van der Waals surface area contributed by atoms with Gasteiger partial charge in [-0.1, -0.05) is 30.7 Å². The molecule has 1 saturated heterocycles. The van der Waals surface area contributed by atoms with E-state index >= 15 is 0 Å². The third kappa shape index (κ3) is 4.91. The predicted molar refractivity (Wildman–Crippen MR) is 90.3 cm³/mol. The smallest absolute Gasteiger partial charge is 0.225 e. The summed E-state index contributed by atoms with van der Waals surface area (Å²) in [6.07, 6.45) is 0.178. The Bertz CT molecular complexity index is 497. The summed E-state index contributed by atoms with van der Waals surface area (Å²) in [6, 6.07) is 7.08. The number of piperazine rings is 1. The van der Waals surface area contributed by atoms with Crippen molar-refractivity contribution in [2.24, 2.45) is 0 Å². The van der Waals surface area contributed by atoms with Crippen LogP contribution in [0.1, 0.15) is 31.4 Å². The molecule has 128 valence electrons. The summed E-state index contributed by atoms with van der Waals surface area (Å²) in [6.45, 7) is 5.02. The summed E-state index contributed by atoms with van der Waals surface area (Å²) in [5.74, 6) is -0.0378. The van der Waals surface area contributed by atoms with Gasteiger partial charge in [-0.2, -0.15) is 0 Å². The predicted octanol–water partition coefficient (Wildman–Crippen LogP) is 1.68. The maximum atomic E-state index is 12.3. The van der Waals surface area contributed by atoms with Gasteiger partial charge in [-0.15, -0.1) is 0 Å². The fraction of sp³-hybridized carbons (Fsp3) is 0.588. The van der Waals surface area contributed by atoms with Crippen molar-refractivity contribution in [1.29, 1.82) is 0 Å². The standard InChI is InChI=1S/C17H25ClN2O3/c1-2-15(12-21)19-7-9-20(10-8-19)17(23)11-16(22)13-3-5-14(18)6-4-13/h3-6,15-16,21-22H,2,7-12H2,1H3. The van der Waals surface area contributed by atoms with Crippen molar-refractivity contribution < 1.29 is 15.0 Å². The van der Waals surface area contributed by atoms with Crippen LogP contribution in [0.2, 0.25) is 5.02 Å². The van der Waals surface area contributed by atoms with E-state index in [9.17, 15) is 15.0 Å². The second-order valence-corrected chi connectivity index (χ2v) is 6.37. The van der Waals surface area contributed by atoms with Crippen LogP contribution in [0.25, 0.3) is 0 Å². The Labute approximate surface area is 142 Å². The number of aliphatic hydroxyl groups is 2. The maximum Gasteiger partial charge on any atom is 0.225 e. The molecule has 0 aromatic heterocycles. The van der Waals surface area contributed by atoms with Crippen molar-refractivity contribution in [3.8, 4) is 0 Å². The Morgan fingerprint density at radius 2 is 1.83 bits per heavy atom. The number of carbonyl (C=O) groups excluding carboxylic acids is 1. The molecule has 0 bridgehead atoms. The van der Waals surface area contributed by atoms with E-state index in [1.807, 2.05) is 0 Å². The van der Waals surface area contributed by atoms with E-state index in [1.54, 1.807) is 29.2 Å². The van der Waals surface area contributed by atoms with Crippen molar-refractivity contribution in [1.82, 2.24) is 9.80 Å². The summed E-state index contributed by atoms with van der Waals surface area (Å²) < 4.78 is 0. The van der Waals surface area contributed by atoms with Crippen molar-refractivity contribution in [2.75, 3.05) is 32.8 Å². The molecule has 2 atom stereocenters. The SMILES string of the molecule is CCC(CO)N1CCN(C(=O)CC(O)c2ccc(Cl)cc2)CC1. The van der Waals surface area contributed by atoms with E-state index in [2.05, 4.69) is 11.8 Å². The molecule has 0 saturated carbocycles. The lowest BCUT2D eigenvalue weighted by atomic mass is 10.1. The molecular formula is C17H25ClN2O3. The first-order valence-corrected chi connectivity index (χ1v) is 8.49. The van der Waals surface area contributed by atoms with Crippen LogP contribution in [0.3, 0.4) is 0 Å². The zero-order chi connectivity index (χ0) is 16.8. The minimum atomic E-state index is -0.807. The quantitative estimate of drug-likeness (QED) is 0.827. The highest BCUT2D eigenvalue weighted by molar-refractivity contribution is 6.30. The fourth-order valence-electron chi connectivity index (χ4n) is 2.94. The number of rotatable bonds is 6. The first-order chi connectivity index (χ1) is 11.0. The van der Waals surface area contributed by atoms with Gasteiger partial charge in [0, 0.05) is 37.2 Å². The molecule has 0 aliphatic carbocycles. The van der Waals surface area contributed by atoms with Gasteiger partial charge in [0.05, 0.1) is 19.1 Å². The Morgan fingerprint density at radius 1 is 1.22 bits per heavy atom.